The van der Waals surface area contributed by atoms with Gasteiger partial charge in [-0.2, -0.15) is 9.41 Å². The highest BCUT2D eigenvalue weighted by atomic mass is 32.2. The number of benzene rings is 1. The van der Waals surface area contributed by atoms with Crippen LogP contribution in [0.1, 0.15) is 16.1 Å². The molecule has 1 N–H and O–H groups in total. The lowest BCUT2D eigenvalue weighted by atomic mass is 10.2. The van der Waals surface area contributed by atoms with E-state index >= 15 is 0 Å². The first-order valence-corrected chi connectivity index (χ1v) is 9.06. The Morgan fingerprint density at radius 3 is 2.52 bits per heavy atom. The molecule has 132 valence electrons. The summed E-state index contributed by atoms with van der Waals surface area (Å²) >= 11 is 0. The molecule has 1 aromatic heterocycles. The van der Waals surface area contributed by atoms with Crippen LogP contribution in [0.2, 0.25) is 0 Å². The van der Waals surface area contributed by atoms with Crippen LogP contribution in [0.4, 0.5) is 0 Å². The minimum atomic E-state index is -3.57. The van der Waals surface area contributed by atoms with Gasteiger partial charge in [-0.25, -0.2) is 13.8 Å². The Morgan fingerprint density at radius 2 is 1.88 bits per heavy atom. The van der Waals surface area contributed by atoms with Gasteiger partial charge in [0.25, 0.3) is 5.91 Å². The van der Waals surface area contributed by atoms with E-state index in [1.807, 2.05) is 0 Å². The van der Waals surface area contributed by atoms with Crippen molar-refractivity contribution < 1.29 is 22.4 Å². The molecule has 1 aromatic carbocycles. The summed E-state index contributed by atoms with van der Waals surface area (Å²) in [4.78, 5) is 12.1. The fourth-order valence-corrected chi connectivity index (χ4v) is 3.71. The van der Waals surface area contributed by atoms with E-state index in [2.05, 4.69) is 10.5 Å². The van der Waals surface area contributed by atoms with Crippen LogP contribution in [0, 0.1) is 0 Å². The zero-order chi connectivity index (χ0) is 17.7. The molecule has 1 saturated heterocycles. The summed E-state index contributed by atoms with van der Waals surface area (Å²) in [6, 6.07) is 9.12. The third kappa shape index (κ3) is 4.13. The fourth-order valence-electron chi connectivity index (χ4n) is 2.30. The molecule has 2 heterocycles. The number of hydrazone groups is 1. The third-order valence-electron chi connectivity index (χ3n) is 3.63. The van der Waals surface area contributed by atoms with Crippen molar-refractivity contribution in [1.29, 1.82) is 0 Å². The molecule has 3 rings (SSSR count). The van der Waals surface area contributed by atoms with Gasteiger partial charge in [0.15, 0.2) is 0 Å². The molecule has 8 nitrogen and oxygen atoms in total. The van der Waals surface area contributed by atoms with E-state index in [4.69, 9.17) is 9.15 Å². The second-order valence-corrected chi connectivity index (χ2v) is 7.19. The van der Waals surface area contributed by atoms with Gasteiger partial charge in [0.05, 0.1) is 30.6 Å². The van der Waals surface area contributed by atoms with E-state index < -0.39 is 15.9 Å². The first-order chi connectivity index (χ1) is 12.1. The Hall–Kier alpha value is -2.49. The van der Waals surface area contributed by atoms with E-state index in [1.54, 1.807) is 12.1 Å². The Labute approximate surface area is 145 Å². The van der Waals surface area contributed by atoms with Crippen molar-refractivity contribution in [2.24, 2.45) is 5.10 Å². The van der Waals surface area contributed by atoms with Crippen LogP contribution in [-0.2, 0) is 14.8 Å². The zero-order valence-corrected chi connectivity index (χ0v) is 14.1. The third-order valence-corrected chi connectivity index (χ3v) is 5.54. The zero-order valence-electron chi connectivity index (χ0n) is 13.3. The van der Waals surface area contributed by atoms with Gasteiger partial charge in [0, 0.05) is 18.7 Å². The lowest BCUT2D eigenvalue weighted by molar-refractivity contribution is 0.0730. The van der Waals surface area contributed by atoms with Crippen molar-refractivity contribution in [1.82, 2.24) is 9.73 Å². The van der Waals surface area contributed by atoms with Crippen LogP contribution in [0.3, 0.4) is 0 Å². The highest BCUT2D eigenvalue weighted by molar-refractivity contribution is 7.89. The number of rotatable bonds is 5. The summed E-state index contributed by atoms with van der Waals surface area (Å²) in [5.41, 5.74) is 2.66. The highest BCUT2D eigenvalue weighted by Crippen LogP contribution is 2.17. The highest BCUT2D eigenvalue weighted by Gasteiger charge is 2.26. The standard InChI is InChI=1S/C16H17N3O5S/c20-16(18-17-12-14-2-1-9-24-14)13-3-5-15(6-4-13)25(21,22)19-7-10-23-11-8-19/h1-6,9,12H,7-8,10-11H2,(H,18,20)/b17-12+. The normalized spacial score (nSPS) is 16.2. The van der Waals surface area contributed by atoms with E-state index in [1.165, 1.54) is 41.0 Å². The molecule has 9 heteroatoms. The number of morpholine rings is 1. The summed E-state index contributed by atoms with van der Waals surface area (Å²) in [6.07, 6.45) is 2.87. The van der Waals surface area contributed by atoms with Crippen LogP contribution in [0.5, 0.6) is 0 Å². The molecule has 25 heavy (non-hydrogen) atoms. The maximum absolute atomic E-state index is 12.5. The Morgan fingerprint density at radius 1 is 1.16 bits per heavy atom. The molecule has 0 unspecified atom stereocenters. The largest absolute Gasteiger partial charge is 0.463 e. The smallest absolute Gasteiger partial charge is 0.271 e. The number of carbonyl (C=O) groups excluding carboxylic acids is 1. The summed E-state index contributed by atoms with van der Waals surface area (Å²) < 4.78 is 36.6. The molecule has 0 aliphatic carbocycles. The molecule has 1 amide bonds. The van der Waals surface area contributed by atoms with Crippen molar-refractivity contribution in [3.8, 4) is 0 Å². The van der Waals surface area contributed by atoms with Gasteiger partial charge in [0.2, 0.25) is 10.0 Å². The quantitative estimate of drug-likeness (QED) is 0.632. The number of hydrogen-bond donors (Lipinski definition) is 1. The lowest BCUT2D eigenvalue weighted by Crippen LogP contribution is -2.40. The number of hydrogen-bond acceptors (Lipinski definition) is 6. The van der Waals surface area contributed by atoms with E-state index in [0.717, 1.165) is 0 Å². The van der Waals surface area contributed by atoms with Crippen molar-refractivity contribution in [3.63, 3.8) is 0 Å². The Bertz CT molecular complexity index is 838. The minimum Gasteiger partial charge on any atom is -0.463 e. The first-order valence-electron chi connectivity index (χ1n) is 7.62. The van der Waals surface area contributed by atoms with Gasteiger partial charge < -0.3 is 9.15 Å². The molecule has 0 radical (unpaired) electrons. The van der Waals surface area contributed by atoms with Gasteiger partial charge in [-0.1, -0.05) is 0 Å². The van der Waals surface area contributed by atoms with Crippen molar-refractivity contribution >= 4 is 22.1 Å². The van der Waals surface area contributed by atoms with Gasteiger partial charge >= 0.3 is 0 Å². The molecular weight excluding hydrogens is 346 g/mol. The molecule has 1 aliphatic rings. The fraction of sp³-hybridized carbons (Fsp3) is 0.250. The average Bonchev–Trinajstić information content (AvgIpc) is 3.16. The van der Waals surface area contributed by atoms with Gasteiger partial charge in [-0.15, -0.1) is 0 Å². The second kappa shape index (κ2) is 7.60. The molecule has 1 fully saturated rings. The van der Waals surface area contributed by atoms with E-state index in [-0.39, 0.29) is 4.90 Å². The van der Waals surface area contributed by atoms with E-state index in [0.29, 0.717) is 37.6 Å². The molecular formula is C16H17N3O5S. The molecule has 0 bridgehead atoms. The molecule has 2 aromatic rings. The molecule has 0 spiro atoms. The maximum atomic E-state index is 12.5. The van der Waals surface area contributed by atoms with Gasteiger partial charge in [0.1, 0.15) is 5.76 Å². The number of furan rings is 1. The number of carbonyl (C=O) groups is 1. The van der Waals surface area contributed by atoms with Crippen molar-refractivity contribution in [2.75, 3.05) is 26.3 Å². The first kappa shape index (κ1) is 17.3. The summed E-state index contributed by atoms with van der Waals surface area (Å²) in [6.45, 7) is 1.42. The van der Waals surface area contributed by atoms with Crippen LogP contribution in [-0.4, -0.2) is 51.1 Å². The number of sulfonamides is 1. The molecule has 0 saturated carbocycles. The van der Waals surface area contributed by atoms with Gasteiger partial charge in [-0.3, -0.25) is 4.79 Å². The minimum absolute atomic E-state index is 0.144. The summed E-state index contributed by atoms with van der Waals surface area (Å²) in [5.74, 6) is 0.0605. The number of nitrogens with zero attached hydrogens (tertiary/aromatic N) is 2. The molecule has 0 atom stereocenters. The van der Waals surface area contributed by atoms with Crippen molar-refractivity contribution in [3.05, 3.63) is 54.0 Å². The predicted molar refractivity (Wildman–Crippen MR) is 89.8 cm³/mol. The van der Waals surface area contributed by atoms with E-state index in [9.17, 15) is 13.2 Å². The topological polar surface area (TPSA) is 101 Å². The van der Waals surface area contributed by atoms with Crippen LogP contribution < -0.4 is 5.43 Å². The van der Waals surface area contributed by atoms with Crippen LogP contribution in [0.15, 0.2) is 57.1 Å². The van der Waals surface area contributed by atoms with Gasteiger partial charge in [-0.05, 0) is 36.4 Å². The Balaban J connectivity index is 1.66. The van der Waals surface area contributed by atoms with Crippen LogP contribution in [0.25, 0.3) is 0 Å². The molecule has 1 aliphatic heterocycles. The lowest BCUT2D eigenvalue weighted by Gasteiger charge is -2.26. The second-order valence-electron chi connectivity index (χ2n) is 5.26. The summed E-state index contributed by atoms with van der Waals surface area (Å²) in [7, 11) is -3.57. The average molecular weight is 363 g/mol. The SMILES string of the molecule is O=C(N/N=C/c1ccco1)c1ccc(S(=O)(=O)N2CCOCC2)cc1. The summed E-state index contributed by atoms with van der Waals surface area (Å²) in [5, 5.41) is 3.78. The van der Waals surface area contributed by atoms with Crippen LogP contribution >= 0.6 is 0 Å². The number of nitrogens with one attached hydrogen (secondary N) is 1. The monoisotopic (exact) mass is 363 g/mol. The maximum Gasteiger partial charge on any atom is 0.271 e. The predicted octanol–water partition coefficient (Wildman–Crippen LogP) is 1.06. The number of amides is 1. The van der Waals surface area contributed by atoms with Crippen molar-refractivity contribution in [2.45, 2.75) is 4.90 Å². The Kier molecular flexibility index (Phi) is 5.27. The number of ether oxygens (including phenoxy) is 1.